The summed E-state index contributed by atoms with van der Waals surface area (Å²) in [6.45, 7) is 0.283. The molecule has 6 heteroatoms. The zero-order valence-corrected chi connectivity index (χ0v) is 16.3. The number of aliphatic hydroxyl groups is 1. The minimum atomic E-state index is -0.679. The van der Waals surface area contributed by atoms with Gasteiger partial charge in [-0.25, -0.2) is 0 Å². The van der Waals surface area contributed by atoms with Gasteiger partial charge in [-0.1, -0.05) is 48.0 Å². The van der Waals surface area contributed by atoms with Crippen LogP contribution < -0.4 is 0 Å². The highest BCUT2D eigenvalue weighted by Gasteiger charge is 2.46. The van der Waals surface area contributed by atoms with Gasteiger partial charge in [0, 0.05) is 22.0 Å². The second-order valence-corrected chi connectivity index (χ2v) is 7.85. The Kier molecular flexibility index (Phi) is 5.03. The molecule has 0 radical (unpaired) electrons. The predicted molar refractivity (Wildman–Crippen MR) is 110 cm³/mol. The number of nitrogens with zero attached hydrogens (tertiary/aromatic N) is 1. The van der Waals surface area contributed by atoms with Crippen molar-refractivity contribution < 1.29 is 14.7 Å². The van der Waals surface area contributed by atoms with E-state index in [0.29, 0.717) is 10.6 Å². The van der Waals surface area contributed by atoms with Crippen molar-refractivity contribution in [2.75, 3.05) is 0 Å². The first-order valence-corrected chi connectivity index (χ1v) is 9.93. The molecule has 1 N–H and O–H groups in total. The molecule has 4 nitrogen and oxygen atoms in total. The Morgan fingerprint density at radius 3 is 2.36 bits per heavy atom. The first-order chi connectivity index (χ1) is 13.6. The Balaban J connectivity index is 1.83. The number of hydrogen-bond donors (Lipinski definition) is 1. The van der Waals surface area contributed by atoms with Gasteiger partial charge < -0.3 is 10.0 Å². The minimum Gasteiger partial charge on any atom is -0.507 e. The molecule has 3 aromatic rings. The fraction of sp³-hybridized carbons (Fsp3) is 0.0909. The van der Waals surface area contributed by atoms with E-state index >= 15 is 0 Å². The maximum Gasteiger partial charge on any atom is 0.295 e. The number of likely N-dealkylation sites (tertiary alicyclic amines) is 1. The molecule has 1 atom stereocenters. The van der Waals surface area contributed by atoms with Crippen LogP contribution in [-0.4, -0.2) is 21.7 Å². The van der Waals surface area contributed by atoms with E-state index in [1.54, 1.807) is 24.3 Å². The molecule has 0 aliphatic carbocycles. The van der Waals surface area contributed by atoms with Gasteiger partial charge in [-0.3, -0.25) is 9.59 Å². The maximum absolute atomic E-state index is 12.9. The van der Waals surface area contributed by atoms with E-state index in [1.165, 1.54) is 16.2 Å². The van der Waals surface area contributed by atoms with Gasteiger partial charge in [0.05, 0.1) is 11.6 Å². The molecule has 0 spiro atoms. The van der Waals surface area contributed by atoms with Crippen molar-refractivity contribution in [2.24, 2.45) is 0 Å². The van der Waals surface area contributed by atoms with Crippen molar-refractivity contribution in [1.29, 1.82) is 0 Å². The standard InChI is InChI=1S/C22H16ClNO3S/c23-16-10-8-15(9-11-16)20(25)18-19(17-7-4-12-28-17)24(22(27)21(18)26)13-14-5-2-1-3-6-14/h1-12,19,25H,13H2/b20-18+. The number of rotatable bonds is 4. The minimum absolute atomic E-state index is 0.103. The Morgan fingerprint density at radius 2 is 1.71 bits per heavy atom. The van der Waals surface area contributed by atoms with Gasteiger partial charge in [0.1, 0.15) is 5.76 Å². The highest BCUT2D eigenvalue weighted by molar-refractivity contribution is 7.10. The van der Waals surface area contributed by atoms with Crippen LogP contribution in [0.4, 0.5) is 0 Å². The Labute approximate surface area is 171 Å². The summed E-state index contributed by atoms with van der Waals surface area (Å²) >= 11 is 7.37. The topological polar surface area (TPSA) is 57.6 Å². The van der Waals surface area contributed by atoms with Crippen molar-refractivity contribution >= 4 is 40.4 Å². The zero-order chi connectivity index (χ0) is 19.7. The second kappa shape index (κ2) is 7.62. The van der Waals surface area contributed by atoms with Crippen LogP contribution in [0.5, 0.6) is 0 Å². The number of aliphatic hydroxyl groups excluding tert-OH is 1. The Morgan fingerprint density at radius 1 is 1.00 bits per heavy atom. The molecule has 1 aliphatic rings. The van der Waals surface area contributed by atoms with Crippen LogP contribution in [0.2, 0.25) is 5.02 Å². The monoisotopic (exact) mass is 409 g/mol. The molecule has 1 unspecified atom stereocenters. The molecule has 2 aromatic carbocycles. The van der Waals surface area contributed by atoms with Crippen molar-refractivity contribution in [3.63, 3.8) is 0 Å². The number of carbonyl (C=O) groups is 2. The number of thiophene rings is 1. The molecular weight excluding hydrogens is 394 g/mol. The van der Waals surface area contributed by atoms with Crippen LogP contribution in [-0.2, 0) is 16.1 Å². The second-order valence-electron chi connectivity index (χ2n) is 6.43. The van der Waals surface area contributed by atoms with Gasteiger partial charge in [0.2, 0.25) is 0 Å². The van der Waals surface area contributed by atoms with Gasteiger partial charge in [-0.15, -0.1) is 11.3 Å². The van der Waals surface area contributed by atoms with Crippen LogP contribution in [0, 0.1) is 0 Å². The molecule has 1 amide bonds. The van der Waals surface area contributed by atoms with E-state index < -0.39 is 17.7 Å². The first kappa shape index (κ1) is 18.5. The molecule has 140 valence electrons. The lowest BCUT2D eigenvalue weighted by molar-refractivity contribution is -0.140. The van der Waals surface area contributed by atoms with Gasteiger partial charge in [0.25, 0.3) is 11.7 Å². The summed E-state index contributed by atoms with van der Waals surface area (Å²) in [6.07, 6.45) is 0. The number of benzene rings is 2. The summed E-state index contributed by atoms with van der Waals surface area (Å²) in [5.74, 6) is -1.48. The van der Waals surface area contributed by atoms with Crippen molar-refractivity contribution in [3.8, 4) is 0 Å². The average molecular weight is 410 g/mol. The molecule has 0 saturated carbocycles. The number of hydrogen-bond acceptors (Lipinski definition) is 4. The Bertz CT molecular complexity index is 1040. The average Bonchev–Trinajstić information content (AvgIpc) is 3.32. The van der Waals surface area contributed by atoms with E-state index in [9.17, 15) is 14.7 Å². The van der Waals surface area contributed by atoms with E-state index in [4.69, 9.17) is 11.6 Å². The molecule has 2 heterocycles. The van der Waals surface area contributed by atoms with E-state index in [2.05, 4.69) is 0 Å². The van der Waals surface area contributed by atoms with Gasteiger partial charge in [-0.2, -0.15) is 0 Å². The lowest BCUT2D eigenvalue weighted by atomic mass is 10.00. The number of amides is 1. The number of halogens is 1. The highest BCUT2D eigenvalue weighted by Crippen LogP contribution is 2.41. The van der Waals surface area contributed by atoms with Gasteiger partial charge >= 0.3 is 0 Å². The zero-order valence-electron chi connectivity index (χ0n) is 14.7. The van der Waals surface area contributed by atoms with Crippen LogP contribution in [0.15, 0.2) is 77.7 Å². The Hall–Kier alpha value is -2.89. The van der Waals surface area contributed by atoms with Gasteiger partial charge in [0.15, 0.2) is 0 Å². The number of Topliss-reactive ketones (excluding diaryl/α,β-unsaturated/α-hetero) is 1. The molecular formula is C22H16ClNO3S. The summed E-state index contributed by atoms with van der Waals surface area (Å²) in [7, 11) is 0. The fourth-order valence-electron chi connectivity index (χ4n) is 3.33. The molecule has 4 rings (SSSR count). The smallest absolute Gasteiger partial charge is 0.295 e. The third-order valence-electron chi connectivity index (χ3n) is 4.67. The van der Waals surface area contributed by atoms with Crippen molar-refractivity contribution in [2.45, 2.75) is 12.6 Å². The van der Waals surface area contributed by atoms with E-state index in [0.717, 1.165) is 10.4 Å². The molecule has 1 aromatic heterocycles. The van der Waals surface area contributed by atoms with Crippen LogP contribution in [0.1, 0.15) is 22.0 Å². The van der Waals surface area contributed by atoms with Crippen molar-refractivity contribution in [1.82, 2.24) is 4.90 Å². The predicted octanol–water partition coefficient (Wildman–Crippen LogP) is 5.02. The highest BCUT2D eigenvalue weighted by atomic mass is 35.5. The third kappa shape index (κ3) is 3.35. The number of ketones is 1. The molecule has 1 aliphatic heterocycles. The summed E-state index contributed by atoms with van der Waals surface area (Å²) in [5, 5.41) is 13.3. The lowest BCUT2D eigenvalue weighted by Gasteiger charge is -2.24. The summed E-state index contributed by atoms with van der Waals surface area (Å²) in [4.78, 5) is 28.0. The molecule has 0 bridgehead atoms. The summed E-state index contributed by atoms with van der Waals surface area (Å²) < 4.78 is 0. The van der Waals surface area contributed by atoms with Gasteiger partial charge in [-0.05, 0) is 41.3 Å². The largest absolute Gasteiger partial charge is 0.507 e. The molecule has 28 heavy (non-hydrogen) atoms. The normalized spacial score (nSPS) is 18.6. The van der Waals surface area contributed by atoms with E-state index in [1.807, 2.05) is 47.8 Å². The SMILES string of the molecule is O=C1C(=O)N(Cc2ccccc2)C(c2cccs2)/C1=C(\O)c1ccc(Cl)cc1. The third-order valence-corrected chi connectivity index (χ3v) is 5.84. The van der Waals surface area contributed by atoms with Crippen LogP contribution >= 0.6 is 22.9 Å². The van der Waals surface area contributed by atoms with E-state index in [-0.39, 0.29) is 17.9 Å². The van der Waals surface area contributed by atoms with Crippen molar-refractivity contribution in [3.05, 3.63) is 98.7 Å². The fourth-order valence-corrected chi connectivity index (χ4v) is 4.30. The van der Waals surface area contributed by atoms with Crippen LogP contribution in [0.3, 0.4) is 0 Å². The summed E-state index contributed by atoms with van der Waals surface area (Å²) in [5.41, 5.74) is 1.46. The summed E-state index contributed by atoms with van der Waals surface area (Å²) in [6, 6.07) is 19.1. The molecule has 1 saturated heterocycles. The molecule has 1 fully saturated rings. The van der Waals surface area contributed by atoms with Crippen LogP contribution in [0.25, 0.3) is 5.76 Å². The lowest BCUT2D eigenvalue weighted by Crippen LogP contribution is -2.28. The number of carbonyl (C=O) groups excluding carboxylic acids is 2. The first-order valence-electron chi connectivity index (χ1n) is 8.68. The maximum atomic E-state index is 12.9. The quantitative estimate of drug-likeness (QED) is 0.374.